The molecule has 0 atom stereocenters. The minimum Gasteiger partial charge on any atom is -0.487 e. The topological polar surface area (TPSA) is 56.3 Å². The first-order valence-electron chi connectivity index (χ1n) is 8.98. The van der Waals surface area contributed by atoms with Gasteiger partial charge in [-0.3, -0.25) is 4.98 Å². The first kappa shape index (κ1) is 18.9. The first-order valence-corrected chi connectivity index (χ1v) is 8.98. The highest BCUT2D eigenvalue weighted by Crippen LogP contribution is 2.25. The molecule has 0 aliphatic heterocycles. The van der Waals surface area contributed by atoms with Gasteiger partial charge in [-0.1, -0.05) is 24.3 Å². The van der Waals surface area contributed by atoms with Gasteiger partial charge < -0.3 is 14.8 Å². The molecule has 3 rings (SSSR count). The fourth-order valence-electron chi connectivity index (χ4n) is 2.99. The highest BCUT2D eigenvalue weighted by molar-refractivity contribution is 5.43. The van der Waals surface area contributed by atoms with Crippen LogP contribution in [0.25, 0.3) is 0 Å². The molecule has 0 spiro atoms. The van der Waals surface area contributed by atoms with Crippen LogP contribution in [0.4, 0.5) is 0 Å². The Labute approximate surface area is 160 Å². The third-order valence-corrected chi connectivity index (χ3v) is 4.28. The summed E-state index contributed by atoms with van der Waals surface area (Å²) in [5, 5.41) is 3.46. The third-order valence-electron chi connectivity index (χ3n) is 4.28. The van der Waals surface area contributed by atoms with E-state index in [1.165, 1.54) is 5.56 Å². The normalized spacial score (nSPS) is 10.6. The van der Waals surface area contributed by atoms with E-state index in [4.69, 9.17) is 9.47 Å². The van der Waals surface area contributed by atoms with Crippen LogP contribution < -0.4 is 14.8 Å². The summed E-state index contributed by atoms with van der Waals surface area (Å²) in [6.07, 6.45) is 3.61. The summed E-state index contributed by atoms with van der Waals surface area (Å²) in [4.78, 5) is 8.53. The smallest absolute Gasteiger partial charge is 0.212 e. The number of methoxy groups -OCH3 is 1. The Morgan fingerprint density at radius 2 is 1.70 bits per heavy atom. The van der Waals surface area contributed by atoms with Crippen molar-refractivity contribution in [1.29, 1.82) is 0 Å². The molecular weight excluding hydrogens is 338 g/mol. The summed E-state index contributed by atoms with van der Waals surface area (Å²) >= 11 is 0. The van der Waals surface area contributed by atoms with Crippen LogP contribution in [0, 0.1) is 13.8 Å². The molecule has 27 heavy (non-hydrogen) atoms. The lowest BCUT2D eigenvalue weighted by Crippen LogP contribution is -2.13. The van der Waals surface area contributed by atoms with Crippen LogP contribution in [-0.2, 0) is 19.7 Å². The van der Waals surface area contributed by atoms with Crippen molar-refractivity contribution in [1.82, 2.24) is 15.3 Å². The molecule has 0 saturated heterocycles. The predicted molar refractivity (Wildman–Crippen MR) is 106 cm³/mol. The third kappa shape index (κ3) is 5.28. The molecule has 3 aromatic rings. The molecule has 0 saturated carbocycles. The maximum Gasteiger partial charge on any atom is 0.212 e. The minimum absolute atomic E-state index is 0.477. The van der Waals surface area contributed by atoms with E-state index < -0.39 is 0 Å². The van der Waals surface area contributed by atoms with Crippen LogP contribution in [0.1, 0.15) is 27.9 Å². The largest absolute Gasteiger partial charge is 0.487 e. The minimum atomic E-state index is 0.477. The van der Waals surface area contributed by atoms with Crippen molar-refractivity contribution >= 4 is 0 Å². The van der Waals surface area contributed by atoms with Gasteiger partial charge >= 0.3 is 0 Å². The van der Waals surface area contributed by atoms with E-state index in [1.54, 1.807) is 13.3 Å². The van der Waals surface area contributed by atoms with Gasteiger partial charge in [0.15, 0.2) is 0 Å². The number of rotatable bonds is 8. The summed E-state index contributed by atoms with van der Waals surface area (Å²) in [6.45, 7) is 6.18. The molecule has 0 amide bonds. The van der Waals surface area contributed by atoms with Crippen molar-refractivity contribution in [2.75, 3.05) is 7.11 Å². The number of hydrogen-bond donors (Lipinski definition) is 1. The van der Waals surface area contributed by atoms with Gasteiger partial charge in [-0.15, -0.1) is 0 Å². The number of ether oxygens (including phenoxy) is 2. The second-order valence-electron chi connectivity index (χ2n) is 6.48. The van der Waals surface area contributed by atoms with Crippen molar-refractivity contribution in [3.8, 4) is 11.6 Å². The molecule has 1 aromatic carbocycles. The molecule has 0 aliphatic rings. The number of benzene rings is 1. The number of aromatic nitrogens is 2. The van der Waals surface area contributed by atoms with Crippen molar-refractivity contribution in [3.63, 3.8) is 0 Å². The van der Waals surface area contributed by atoms with Gasteiger partial charge in [-0.2, -0.15) is 0 Å². The quantitative estimate of drug-likeness (QED) is 0.656. The van der Waals surface area contributed by atoms with Gasteiger partial charge in [0, 0.05) is 31.5 Å². The molecule has 5 nitrogen and oxygen atoms in total. The summed E-state index contributed by atoms with van der Waals surface area (Å²) in [5.41, 5.74) is 5.55. The van der Waals surface area contributed by atoms with Gasteiger partial charge in [0.25, 0.3) is 0 Å². The monoisotopic (exact) mass is 363 g/mol. The lowest BCUT2D eigenvalue weighted by Gasteiger charge is -2.14. The molecule has 0 fully saturated rings. The van der Waals surface area contributed by atoms with Crippen LogP contribution in [0.15, 0.2) is 54.9 Å². The molecular formula is C22H25N3O2. The van der Waals surface area contributed by atoms with Crippen LogP contribution >= 0.6 is 0 Å². The number of nitrogens with one attached hydrogen (secondary N) is 1. The number of pyridine rings is 2. The van der Waals surface area contributed by atoms with Crippen LogP contribution in [0.3, 0.4) is 0 Å². The fraction of sp³-hybridized carbons (Fsp3) is 0.273. The second kappa shape index (κ2) is 9.14. The highest BCUT2D eigenvalue weighted by Gasteiger charge is 2.07. The van der Waals surface area contributed by atoms with E-state index >= 15 is 0 Å². The van der Waals surface area contributed by atoms with Gasteiger partial charge in [0.2, 0.25) is 5.88 Å². The highest BCUT2D eigenvalue weighted by atomic mass is 16.5. The van der Waals surface area contributed by atoms with E-state index in [2.05, 4.69) is 41.3 Å². The Balaban J connectivity index is 1.56. The van der Waals surface area contributed by atoms with E-state index in [0.29, 0.717) is 12.5 Å². The van der Waals surface area contributed by atoms with Crippen molar-refractivity contribution in [3.05, 3.63) is 82.8 Å². The van der Waals surface area contributed by atoms with Crippen LogP contribution in [-0.4, -0.2) is 17.1 Å². The molecule has 5 heteroatoms. The maximum absolute atomic E-state index is 6.00. The number of hydrogen-bond acceptors (Lipinski definition) is 5. The molecule has 0 radical (unpaired) electrons. The van der Waals surface area contributed by atoms with E-state index in [1.807, 2.05) is 36.5 Å². The fourth-order valence-corrected chi connectivity index (χ4v) is 2.99. The Bertz CT molecular complexity index is 841. The Kier molecular flexibility index (Phi) is 6.39. The zero-order valence-corrected chi connectivity index (χ0v) is 16.0. The first-order chi connectivity index (χ1) is 13.2. The molecule has 0 bridgehead atoms. The Hall–Kier alpha value is -2.92. The van der Waals surface area contributed by atoms with Gasteiger partial charge in [-0.05, 0) is 48.2 Å². The predicted octanol–water partition coefficient (Wildman–Crippen LogP) is 3.97. The lowest BCUT2D eigenvalue weighted by atomic mass is 10.1. The molecule has 0 aliphatic carbocycles. The van der Waals surface area contributed by atoms with E-state index in [-0.39, 0.29) is 0 Å². The van der Waals surface area contributed by atoms with Crippen LogP contribution in [0.2, 0.25) is 0 Å². The maximum atomic E-state index is 6.00. The SMILES string of the molecule is COc1ccc(CNCc2cc(C)c(OCc3ccccn3)c(C)c2)cn1. The zero-order chi connectivity index (χ0) is 19.1. The van der Waals surface area contributed by atoms with E-state index in [9.17, 15) is 0 Å². The standard InChI is InChI=1S/C22H25N3O2/c1-16-10-19(13-23-12-18-7-8-21(26-3)25-14-18)11-17(2)22(16)27-15-20-6-4-5-9-24-20/h4-11,14,23H,12-13,15H2,1-3H3. The van der Waals surface area contributed by atoms with Crippen molar-refractivity contribution in [2.45, 2.75) is 33.5 Å². The van der Waals surface area contributed by atoms with Crippen molar-refractivity contribution in [2.24, 2.45) is 0 Å². The summed E-state index contributed by atoms with van der Waals surface area (Å²) in [7, 11) is 1.62. The van der Waals surface area contributed by atoms with Gasteiger partial charge in [0.1, 0.15) is 12.4 Å². The summed E-state index contributed by atoms with van der Waals surface area (Å²) in [6, 6.07) is 14.1. The second-order valence-corrected chi connectivity index (χ2v) is 6.48. The number of aryl methyl sites for hydroxylation is 2. The van der Waals surface area contributed by atoms with Gasteiger partial charge in [0.05, 0.1) is 12.8 Å². The molecule has 1 N–H and O–H groups in total. The number of nitrogens with zero attached hydrogens (tertiary/aromatic N) is 2. The zero-order valence-electron chi connectivity index (χ0n) is 16.0. The van der Waals surface area contributed by atoms with Crippen molar-refractivity contribution < 1.29 is 9.47 Å². The average Bonchev–Trinajstić information content (AvgIpc) is 2.69. The van der Waals surface area contributed by atoms with E-state index in [0.717, 1.165) is 41.2 Å². The molecule has 140 valence electrons. The Morgan fingerprint density at radius 3 is 2.33 bits per heavy atom. The summed E-state index contributed by atoms with van der Waals surface area (Å²) in [5.74, 6) is 1.56. The van der Waals surface area contributed by atoms with Gasteiger partial charge in [-0.25, -0.2) is 4.98 Å². The van der Waals surface area contributed by atoms with Crippen LogP contribution in [0.5, 0.6) is 11.6 Å². The molecule has 2 aromatic heterocycles. The Morgan fingerprint density at radius 1 is 0.926 bits per heavy atom. The molecule has 2 heterocycles. The lowest BCUT2D eigenvalue weighted by molar-refractivity contribution is 0.297. The average molecular weight is 363 g/mol. The summed E-state index contributed by atoms with van der Waals surface area (Å²) < 4.78 is 11.1. The molecule has 0 unspecified atom stereocenters.